The molecule has 27 heavy (non-hydrogen) atoms. The molecule has 0 fully saturated rings. The van der Waals surface area contributed by atoms with Gasteiger partial charge in [0.05, 0.1) is 11.7 Å². The van der Waals surface area contributed by atoms with Gasteiger partial charge in [-0.2, -0.15) is 10.2 Å². The lowest BCUT2D eigenvalue weighted by molar-refractivity contribution is 0.242. The predicted molar refractivity (Wildman–Crippen MR) is 105 cm³/mol. The Morgan fingerprint density at radius 2 is 1.93 bits per heavy atom. The van der Waals surface area contributed by atoms with Gasteiger partial charge in [0.2, 0.25) is 5.82 Å². The third-order valence-corrected chi connectivity index (χ3v) is 4.02. The van der Waals surface area contributed by atoms with Crippen LogP contribution in [0, 0.1) is 18.3 Å². The quantitative estimate of drug-likeness (QED) is 0.609. The number of rotatable bonds is 5. The van der Waals surface area contributed by atoms with Crippen molar-refractivity contribution in [1.82, 2.24) is 10.1 Å². The molecule has 1 aromatic heterocycles. The number of hydrogen-bond donors (Lipinski definition) is 0. The Morgan fingerprint density at radius 1 is 1.15 bits per heavy atom. The first-order valence-corrected chi connectivity index (χ1v) is 8.80. The van der Waals surface area contributed by atoms with E-state index < -0.39 is 0 Å². The number of nitrogens with zero attached hydrogens (tertiary/aromatic N) is 3. The van der Waals surface area contributed by atoms with Gasteiger partial charge in [-0.25, -0.2) is 0 Å². The summed E-state index contributed by atoms with van der Waals surface area (Å²) in [4.78, 5) is 4.50. The van der Waals surface area contributed by atoms with E-state index in [-0.39, 0.29) is 6.10 Å². The van der Waals surface area contributed by atoms with Crippen molar-refractivity contribution in [3.63, 3.8) is 0 Å². The van der Waals surface area contributed by atoms with Crippen LogP contribution in [-0.2, 0) is 0 Å². The smallest absolute Gasteiger partial charge is 0.258 e. The second-order valence-corrected chi connectivity index (χ2v) is 6.48. The number of hydrogen-bond acceptors (Lipinski definition) is 5. The van der Waals surface area contributed by atoms with Crippen LogP contribution in [0.15, 0.2) is 47.0 Å². The maximum atomic E-state index is 9.39. The zero-order valence-electron chi connectivity index (χ0n) is 15.9. The van der Waals surface area contributed by atoms with E-state index in [1.807, 2.05) is 57.2 Å². The third-order valence-electron chi connectivity index (χ3n) is 4.02. The molecular formula is C22H21N3O2. The minimum Gasteiger partial charge on any atom is -0.490 e. The topological polar surface area (TPSA) is 71.9 Å². The fourth-order valence-corrected chi connectivity index (χ4v) is 2.70. The molecule has 0 aliphatic carbocycles. The average Bonchev–Trinajstić information content (AvgIpc) is 3.14. The van der Waals surface area contributed by atoms with Gasteiger partial charge in [0, 0.05) is 11.1 Å². The van der Waals surface area contributed by atoms with Gasteiger partial charge in [0.15, 0.2) is 0 Å². The van der Waals surface area contributed by atoms with E-state index in [0.29, 0.717) is 28.6 Å². The molecule has 0 unspecified atom stereocenters. The zero-order valence-corrected chi connectivity index (χ0v) is 15.9. The molecule has 1 heterocycles. The van der Waals surface area contributed by atoms with Crippen LogP contribution in [0.5, 0.6) is 5.75 Å². The van der Waals surface area contributed by atoms with E-state index >= 15 is 0 Å². The van der Waals surface area contributed by atoms with Crippen molar-refractivity contribution in [2.45, 2.75) is 33.8 Å². The Kier molecular flexibility index (Phi) is 5.37. The van der Waals surface area contributed by atoms with E-state index in [0.717, 1.165) is 11.1 Å². The zero-order chi connectivity index (χ0) is 19.4. The molecule has 3 aromatic rings. The van der Waals surface area contributed by atoms with Crippen molar-refractivity contribution in [3.8, 4) is 34.7 Å². The molecule has 0 N–H and O–H groups in total. The van der Waals surface area contributed by atoms with E-state index in [1.165, 1.54) is 5.56 Å². The summed E-state index contributed by atoms with van der Waals surface area (Å²) in [6, 6.07) is 13.5. The fraction of sp³-hybridized carbons (Fsp3) is 0.227. The summed E-state index contributed by atoms with van der Waals surface area (Å²) in [7, 11) is 0. The fourth-order valence-electron chi connectivity index (χ4n) is 2.70. The second kappa shape index (κ2) is 7.88. The summed E-state index contributed by atoms with van der Waals surface area (Å²) >= 11 is 0. The molecule has 0 saturated heterocycles. The highest BCUT2D eigenvalue weighted by atomic mass is 16.5. The minimum atomic E-state index is -0.00846. The Hall–Kier alpha value is -3.39. The molecule has 0 radical (unpaired) electrons. The van der Waals surface area contributed by atoms with Crippen LogP contribution < -0.4 is 4.74 Å². The molecule has 5 nitrogen and oxygen atoms in total. The van der Waals surface area contributed by atoms with Gasteiger partial charge < -0.3 is 9.26 Å². The molecule has 3 rings (SSSR count). The molecule has 0 aliphatic heterocycles. The van der Waals surface area contributed by atoms with E-state index in [2.05, 4.69) is 23.1 Å². The number of nitriles is 1. The van der Waals surface area contributed by atoms with Gasteiger partial charge in [0.25, 0.3) is 5.89 Å². The Morgan fingerprint density at radius 3 is 2.63 bits per heavy atom. The molecule has 0 aliphatic rings. The lowest BCUT2D eigenvalue weighted by Gasteiger charge is -2.11. The number of allylic oxidation sites excluding steroid dienone is 1. The maximum Gasteiger partial charge on any atom is 0.258 e. The monoisotopic (exact) mass is 359 g/mol. The third kappa shape index (κ3) is 4.06. The average molecular weight is 359 g/mol. The highest BCUT2D eigenvalue weighted by Gasteiger charge is 2.14. The molecule has 0 spiro atoms. The summed E-state index contributed by atoms with van der Waals surface area (Å²) in [5.41, 5.74) is 4.29. The van der Waals surface area contributed by atoms with Crippen molar-refractivity contribution in [1.29, 1.82) is 5.26 Å². The molecule has 0 amide bonds. The Labute approximate surface area is 158 Å². The van der Waals surface area contributed by atoms with Crippen LogP contribution in [0.3, 0.4) is 0 Å². The van der Waals surface area contributed by atoms with Gasteiger partial charge in [-0.3, -0.25) is 0 Å². The van der Waals surface area contributed by atoms with Gasteiger partial charge in [-0.05, 0) is 63.1 Å². The number of benzene rings is 2. The molecule has 2 aromatic carbocycles. The second-order valence-electron chi connectivity index (χ2n) is 6.48. The minimum absolute atomic E-state index is 0.00846. The highest BCUT2D eigenvalue weighted by molar-refractivity contribution is 5.66. The van der Waals surface area contributed by atoms with Crippen molar-refractivity contribution in [3.05, 3.63) is 59.2 Å². The van der Waals surface area contributed by atoms with Crippen LogP contribution in [0.4, 0.5) is 0 Å². The Balaban J connectivity index is 1.95. The normalized spacial score (nSPS) is 11.1. The highest BCUT2D eigenvalue weighted by Crippen LogP contribution is 2.28. The van der Waals surface area contributed by atoms with Crippen LogP contribution in [0.2, 0.25) is 0 Å². The largest absolute Gasteiger partial charge is 0.490 e. The molecule has 136 valence electrons. The SMILES string of the molecule is C/C=C\c1cc(-c2noc(-c3ccc(OC(C)C)c(C#N)c3)n2)ccc1C. The van der Waals surface area contributed by atoms with Crippen molar-refractivity contribution in [2.24, 2.45) is 0 Å². The first-order chi connectivity index (χ1) is 13.0. The van der Waals surface area contributed by atoms with E-state index in [9.17, 15) is 5.26 Å². The van der Waals surface area contributed by atoms with E-state index in [4.69, 9.17) is 9.26 Å². The first kappa shape index (κ1) is 18.4. The molecule has 0 atom stereocenters. The van der Waals surface area contributed by atoms with E-state index in [1.54, 1.807) is 12.1 Å². The summed E-state index contributed by atoms with van der Waals surface area (Å²) in [6.45, 7) is 7.88. The van der Waals surface area contributed by atoms with Crippen molar-refractivity contribution >= 4 is 6.08 Å². The van der Waals surface area contributed by atoms with Crippen LogP contribution >= 0.6 is 0 Å². The molecule has 5 heteroatoms. The first-order valence-electron chi connectivity index (χ1n) is 8.80. The summed E-state index contributed by atoms with van der Waals surface area (Å²) in [6.07, 6.45) is 4.04. The lowest BCUT2D eigenvalue weighted by Crippen LogP contribution is -2.06. The predicted octanol–water partition coefficient (Wildman–Crippen LogP) is 5.40. The van der Waals surface area contributed by atoms with Crippen LogP contribution in [0.25, 0.3) is 28.9 Å². The van der Waals surface area contributed by atoms with Crippen molar-refractivity contribution < 1.29 is 9.26 Å². The van der Waals surface area contributed by atoms with Gasteiger partial charge in [-0.1, -0.05) is 29.4 Å². The van der Waals surface area contributed by atoms with Crippen LogP contribution in [-0.4, -0.2) is 16.2 Å². The maximum absolute atomic E-state index is 9.39. The summed E-state index contributed by atoms with van der Waals surface area (Å²) < 4.78 is 11.1. The van der Waals surface area contributed by atoms with Crippen molar-refractivity contribution in [2.75, 3.05) is 0 Å². The molecule has 0 saturated carbocycles. The van der Waals surface area contributed by atoms with Crippen LogP contribution in [0.1, 0.15) is 37.5 Å². The van der Waals surface area contributed by atoms with Gasteiger partial charge in [-0.15, -0.1) is 0 Å². The van der Waals surface area contributed by atoms with Gasteiger partial charge in [0.1, 0.15) is 11.8 Å². The number of aromatic nitrogens is 2. The Bertz CT molecular complexity index is 1030. The molecule has 0 bridgehead atoms. The van der Waals surface area contributed by atoms with Gasteiger partial charge >= 0.3 is 0 Å². The number of ether oxygens (including phenoxy) is 1. The standard InChI is InChI=1S/C22H21N3O2/c1-5-6-16-11-17(8-7-15(16)4)21-24-22(27-25-21)18-9-10-20(26-14(2)3)19(12-18)13-23/h5-12,14H,1-4H3/b6-5-. The lowest BCUT2D eigenvalue weighted by atomic mass is 10.0. The number of aryl methyl sites for hydroxylation is 1. The summed E-state index contributed by atoms with van der Waals surface area (Å²) in [5.74, 6) is 1.42. The molecular weight excluding hydrogens is 338 g/mol. The summed E-state index contributed by atoms with van der Waals surface area (Å²) in [5, 5.41) is 13.5.